The maximum absolute atomic E-state index is 10.8. The van der Waals surface area contributed by atoms with Gasteiger partial charge in [0.05, 0.1) is 0 Å². The summed E-state index contributed by atoms with van der Waals surface area (Å²) in [5, 5.41) is 8.79. The molecule has 0 atom stereocenters. The van der Waals surface area contributed by atoms with Crippen LogP contribution < -0.4 is 10.6 Å². The molecule has 14 heavy (non-hydrogen) atoms. The summed E-state index contributed by atoms with van der Waals surface area (Å²) in [7, 11) is 0. The molecular formula is C9H10N2O3. The van der Waals surface area contributed by atoms with Crippen LogP contribution >= 0.6 is 0 Å². The van der Waals surface area contributed by atoms with Gasteiger partial charge in [-0.15, -0.1) is 0 Å². The van der Waals surface area contributed by atoms with E-state index in [0.29, 0.717) is 5.69 Å². The standard InChI is InChI=1S/C9H10N2O3/c10-8(12)6-11(9(13)14)7-4-2-1-3-5-7/h1-5H,6H2,(H2,10,12)(H,13,14). The molecule has 0 aliphatic heterocycles. The number of anilines is 1. The first kappa shape index (κ1) is 10.0. The van der Waals surface area contributed by atoms with Gasteiger partial charge >= 0.3 is 6.09 Å². The quantitative estimate of drug-likeness (QED) is 0.741. The molecule has 5 nitrogen and oxygen atoms in total. The molecule has 0 fully saturated rings. The Balaban J connectivity index is 2.89. The van der Waals surface area contributed by atoms with E-state index in [1.165, 1.54) is 0 Å². The molecule has 0 unspecified atom stereocenters. The van der Waals surface area contributed by atoms with Gasteiger partial charge in [-0.1, -0.05) is 18.2 Å². The van der Waals surface area contributed by atoms with E-state index in [1.807, 2.05) is 0 Å². The molecule has 0 aliphatic rings. The second-order valence-electron chi connectivity index (χ2n) is 2.67. The number of benzene rings is 1. The summed E-state index contributed by atoms with van der Waals surface area (Å²) >= 11 is 0. The molecule has 0 heterocycles. The van der Waals surface area contributed by atoms with E-state index in [0.717, 1.165) is 4.90 Å². The first-order valence-corrected chi connectivity index (χ1v) is 3.95. The molecule has 0 radical (unpaired) electrons. The number of primary amides is 1. The van der Waals surface area contributed by atoms with E-state index in [2.05, 4.69) is 0 Å². The number of hydrogen-bond donors (Lipinski definition) is 2. The minimum Gasteiger partial charge on any atom is -0.465 e. The van der Waals surface area contributed by atoms with Gasteiger partial charge in [0.25, 0.3) is 0 Å². The van der Waals surface area contributed by atoms with Crippen LogP contribution in [-0.2, 0) is 4.79 Å². The number of para-hydroxylation sites is 1. The van der Waals surface area contributed by atoms with Crippen molar-refractivity contribution in [2.24, 2.45) is 5.73 Å². The van der Waals surface area contributed by atoms with E-state index in [9.17, 15) is 9.59 Å². The number of hydrogen-bond acceptors (Lipinski definition) is 2. The average molecular weight is 194 g/mol. The highest BCUT2D eigenvalue weighted by Gasteiger charge is 2.15. The molecule has 74 valence electrons. The largest absolute Gasteiger partial charge is 0.465 e. The molecule has 0 aliphatic carbocycles. The van der Waals surface area contributed by atoms with Gasteiger partial charge in [0.15, 0.2) is 0 Å². The van der Waals surface area contributed by atoms with Gasteiger partial charge < -0.3 is 10.8 Å². The van der Waals surface area contributed by atoms with Crippen molar-refractivity contribution in [1.29, 1.82) is 0 Å². The lowest BCUT2D eigenvalue weighted by Crippen LogP contribution is -2.37. The normalized spacial score (nSPS) is 9.43. The SMILES string of the molecule is NC(=O)CN(C(=O)O)c1ccccc1. The minimum absolute atomic E-state index is 0.334. The Bertz CT molecular complexity index is 337. The first-order valence-electron chi connectivity index (χ1n) is 3.95. The maximum Gasteiger partial charge on any atom is 0.412 e. The maximum atomic E-state index is 10.8. The van der Waals surface area contributed by atoms with Crippen LogP contribution in [0.5, 0.6) is 0 Å². The highest BCUT2D eigenvalue weighted by atomic mass is 16.4. The molecule has 5 heteroatoms. The van der Waals surface area contributed by atoms with E-state index in [-0.39, 0.29) is 6.54 Å². The van der Waals surface area contributed by atoms with Crippen LogP contribution in [0.3, 0.4) is 0 Å². The van der Waals surface area contributed by atoms with Crippen molar-refractivity contribution in [2.75, 3.05) is 11.4 Å². The smallest absolute Gasteiger partial charge is 0.412 e. The van der Waals surface area contributed by atoms with Crippen LogP contribution in [0.1, 0.15) is 0 Å². The molecule has 0 aromatic heterocycles. The first-order chi connectivity index (χ1) is 6.61. The van der Waals surface area contributed by atoms with Crippen molar-refractivity contribution in [1.82, 2.24) is 0 Å². The predicted molar refractivity (Wildman–Crippen MR) is 51.0 cm³/mol. The summed E-state index contributed by atoms with van der Waals surface area (Å²) in [4.78, 5) is 22.2. The fraction of sp³-hybridized carbons (Fsp3) is 0.111. The lowest BCUT2D eigenvalue weighted by Gasteiger charge is -2.16. The van der Waals surface area contributed by atoms with Gasteiger partial charge in [-0.3, -0.25) is 9.69 Å². The van der Waals surface area contributed by atoms with Gasteiger partial charge in [0.1, 0.15) is 6.54 Å². The van der Waals surface area contributed by atoms with E-state index >= 15 is 0 Å². The Kier molecular flexibility index (Phi) is 3.06. The third kappa shape index (κ3) is 2.48. The topological polar surface area (TPSA) is 83.6 Å². The Morgan fingerprint density at radius 2 is 1.86 bits per heavy atom. The molecule has 1 aromatic carbocycles. The van der Waals surface area contributed by atoms with Crippen LogP contribution in [0.4, 0.5) is 10.5 Å². The van der Waals surface area contributed by atoms with Gasteiger partial charge in [-0.2, -0.15) is 0 Å². The lowest BCUT2D eigenvalue weighted by molar-refractivity contribution is -0.116. The highest BCUT2D eigenvalue weighted by Crippen LogP contribution is 2.12. The van der Waals surface area contributed by atoms with Crippen LogP contribution in [-0.4, -0.2) is 23.7 Å². The summed E-state index contributed by atoms with van der Waals surface area (Å²) in [6, 6.07) is 8.32. The highest BCUT2D eigenvalue weighted by molar-refractivity contribution is 5.93. The second-order valence-corrected chi connectivity index (χ2v) is 2.67. The molecule has 0 saturated heterocycles. The molecular weight excluding hydrogens is 184 g/mol. The Morgan fingerprint density at radius 1 is 1.29 bits per heavy atom. The average Bonchev–Trinajstić information content (AvgIpc) is 2.15. The molecule has 2 amide bonds. The molecule has 1 rings (SSSR count). The number of carboxylic acid groups (broad SMARTS) is 1. The number of nitrogens with zero attached hydrogens (tertiary/aromatic N) is 1. The fourth-order valence-electron chi connectivity index (χ4n) is 1.03. The summed E-state index contributed by atoms with van der Waals surface area (Å²) in [5.74, 6) is -0.684. The van der Waals surface area contributed by atoms with Crippen LogP contribution in [0, 0.1) is 0 Å². The van der Waals surface area contributed by atoms with Crippen LogP contribution in [0.2, 0.25) is 0 Å². The third-order valence-corrected chi connectivity index (χ3v) is 1.61. The second kappa shape index (κ2) is 4.27. The lowest BCUT2D eigenvalue weighted by atomic mass is 10.3. The Morgan fingerprint density at radius 3 is 2.29 bits per heavy atom. The summed E-state index contributed by atoms with van der Waals surface area (Å²) in [6.45, 7) is -0.334. The number of carbonyl (C=O) groups is 2. The van der Waals surface area contributed by atoms with E-state index in [4.69, 9.17) is 10.8 Å². The van der Waals surface area contributed by atoms with Gasteiger partial charge in [-0.05, 0) is 12.1 Å². The van der Waals surface area contributed by atoms with Crippen molar-refractivity contribution < 1.29 is 14.7 Å². The van der Waals surface area contributed by atoms with Crippen molar-refractivity contribution in [3.8, 4) is 0 Å². The van der Waals surface area contributed by atoms with Crippen molar-refractivity contribution in [3.63, 3.8) is 0 Å². The van der Waals surface area contributed by atoms with Gasteiger partial charge in [0, 0.05) is 5.69 Å². The summed E-state index contributed by atoms with van der Waals surface area (Å²) in [6.07, 6.45) is -1.20. The monoisotopic (exact) mass is 194 g/mol. The van der Waals surface area contributed by atoms with Crippen molar-refractivity contribution in [2.45, 2.75) is 0 Å². The molecule has 0 saturated carbocycles. The molecule has 0 spiro atoms. The van der Waals surface area contributed by atoms with Crippen LogP contribution in [0.25, 0.3) is 0 Å². The summed E-state index contributed by atoms with van der Waals surface area (Å²) < 4.78 is 0. The molecule has 0 bridgehead atoms. The van der Waals surface area contributed by atoms with Crippen molar-refractivity contribution in [3.05, 3.63) is 30.3 Å². The Hall–Kier alpha value is -2.04. The fourth-order valence-corrected chi connectivity index (χ4v) is 1.03. The zero-order valence-corrected chi connectivity index (χ0v) is 7.38. The van der Waals surface area contributed by atoms with Crippen molar-refractivity contribution >= 4 is 17.7 Å². The number of nitrogens with two attached hydrogens (primary N) is 1. The summed E-state index contributed by atoms with van der Waals surface area (Å²) in [5.41, 5.74) is 5.35. The van der Waals surface area contributed by atoms with E-state index < -0.39 is 12.0 Å². The zero-order chi connectivity index (χ0) is 10.6. The number of carbonyl (C=O) groups excluding carboxylic acids is 1. The van der Waals surface area contributed by atoms with E-state index in [1.54, 1.807) is 30.3 Å². The number of amides is 2. The Labute approximate surface area is 80.7 Å². The zero-order valence-electron chi connectivity index (χ0n) is 7.38. The van der Waals surface area contributed by atoms with Gasteiger partial charge in [-0.25, -0.2) is 4.79 Å². The predicted octanol–water partition coefficient (Wildman–Crippen LogP) is 0.656. The molecule has 1 aromatic rings. The van der Waals surface area contributed by atoms with Crippen LogP contribution in [0.15, 0.2) is 30.3 Å². The third-order valence-electron chi connectivity index (χ3n) is 1.61. The van der Waals surface area contributed by atoms with Gasteiger partial charge in [0.2, 0.25) is 5.91 Å². The minimum atomic E-state index is -1.20. The molecule has 3 N–H and O–H groups in total. The number of rotatable bonds is 3.